The Morgan fingerprint density at radius 2 is 2.09 bits per heavy atom. The molecule has 22 heavy (non-hydrogen) atoms. The first-order chi connectivity index (χ1) is 10.6. The zero-order chi connectivity index (χ0) is 15.3. The van der Waals surface area contributed by atoms with E-state index in [2.05, 4.69) is 48.1 Å². The quantitative estimate of drug-likeness (QED) is 0.879. The number of nitrogens with zero attached hydrogens (tertiary/aromatic N) is 2. The number of pyridine rings is 1. The van der Waals surface area contributed by atoms with Crippen LogP contribution in [-0.4, -0.2) is 22.6 Å². The highest BCUT2D eigenvalue weighted by atomic mass is 16.5. The fourth-order valence-corrected chi connectivity index (χ4v) is 3.70. The number of ether oxygens (including phenoxy) is 1. The largest absolute Gasteiger partial charge is 0.460 e. The lowest BCUT2D eigenvalue weighted by Gasteiger charge is -2.23. The first-order valence-electron chi connectivity index (χ1n) is 7.63. The van der Waals surface area contributed by atoms with Gasteiger partial charge in [0.05, 0.1) is 0 Å². The van der Waals surface area contributed by atoms with Crippen LogP contribution in [-0.2, 0) is 17.6 Å². The third-order valence-corrected chi connectivity index (χ3v) is 4.97. The predicted molar refractivity (Wildman–Crippen MR) is 86.7 cm³/mol. The van der Waals surface area contributed by atoms with Gasteiger partial charge in [0.15, 0.2) is 0 Å². The molecule has 0 radical (unpaired) electrons. The van der Waals surface area contributed by atoms with Crippen LogP contribution in [0.25, 0.3) is 11.1 Å². The van der Waals surface area contributed by atoms with E-state index >= 15 is 0 Å². The van der Waals surface area contributed by atoms with Gasteiger partial charge >= 0.3 is 0 Å². The summed E-state index contributed by atoms with van der Waals surface area (Å²) in [5.74, 6) is 0. The van der Waals surface area contributed by atoms with Gasteiger partial charge in [0.1, 0.15) is 11.6 Å². The maximum Gasteiger partial charge on any atom is 0.282 e. The molecule has 0 saturated carbocycles. The van der Waals surface area contributed by atoms with Crippen LogP contribution in [0.3, 0.4) is 0 Å². The topological polar surface area (TPSA) is 60.5 Å². The Morgan fingerprint density at radius 1 is 1.23 bits per heavy atom. The number of rotatable bonds is 1. The first kappa shape index (κ1) is 13.3. The molecule has 1 spiro atoms. The maximum absolute atomic E-state index is 5.81. The number of amidine groups is 1. The van der Waals surface area contributed by atoms with Crippen LogP contribution in [0.4, 0.5) is 0 Å². The van der Waals surface area contributed by atoms with E-state index in [1.165, 1.54) is 27.8 Å². The van der Waals surface area contributed by atoms with Gasteiger partial charge in [-0.1, -0.05) is 18.2 Å². The second-order valence-corrected chi connectivity index (χ2v) is 6.30. The minimum atomic E-state index is -0.237. The van der Waals surface area contributed by atoms with E-state index in [9.17, 15) is 0 Å². The third kappa shape index (κ3) is 1.83. The minimum Gasteiger partial charge on any atom is -0.460 e. The molecule has 0 bridgehead atoms. The maximum atomic E-state index is 5.81. The van der Waals surface area contributed by atoms with Gasteiger partial charge in [0.2, 0.25) is 0 Å². The summed E-state index contributed by atoms with van der Waals surface area (Å²) in [6.07, 6.45) is 5.55. The molecular weight excluding hydrogens is 274 g/mol. The predicted octanol–water partition coefficient (Wildman–Crippen LogP) is 2.63. The third-order valence-electron chi connectivity index (χ3n) is 4.97. The molecule has 2 atom stereocenters. The second kappa shape index (κ2) is 4.57. The number of benzene rings is 1. The molecule has 2 aliphatic rings. The summed E-state index contributed by atoms with van der Waals surface area (Å²) < 4.78 is 5.61. The van der Waals surface area contributed by atoms with Gasteiger partial charge in [-0.3, -0.25) is 4.98 Å². The number of aryl methyl sites for hydroxylation is 1. The summed E-state index contributed by atoms with van der Waals surface area (Å²) in [6.45, 7) is 4.18. The molecule has 2 unspecified atom stereocenters. The van der Waals surface area contributed by atoms with Crippen molar-refractivity contribution in [3.05, 3.63) is 53.3 Å². The summed E-state index contributed by atoms with van der Waals surface area (Å²) in [4.78, 5) is 8.92. The van der Waals surface area contributed by atoms with Gasteiger partial charge in [-0.2, -0.15) is 0 Å². The molecule has 112 valence electrons. The normalized spacial score (nSPS) is 25.9. The molecule has 4 heteroatoms. The molecule has 2 aromatic rings. The molecule has 0 fully saturated rings. The highest BCUT2D eigenvalue weighted by Gasteiger charge is 2.48. The molecule has 0 amide bonds. The van der Waals surface area contributed by atoms with E-state index in [0.717, 1.165) is 12.8 Å². The fraction of sp³-hybridized carbons (Fsp3) is 0.333. The van der Waals surface area contributed by atoms with Crippen LogP contribution >= 0.6 is 0 Å². The van der Waals surface area contributed by atoms with Crippen molar-refractivity contribution in [2.75, 3.05) is 0 Å². The molecule has 1 aliphatic heterocycles. The minimum absolute atomic E-state index is 0.0164. The molecule has 0 saturated heterocycles. The number of fused-ring (bicyclic) bond motifs is 1. The van der Waals surface area contributed by atoms with Gasteiger partial charge < -0.3 is 10.5 Å². The van der Waals surface area contributed by atoms with Gasteiger partial charge in [-0.25, -0.2) is 4.99 Å². The monoisotopic (exact) mass is 293 g/mol. The van der Waals surface area contributed by atoms with Crippen molar-refractivity contribution in [1.82, 2.24) is 4.98 Å². The standard InChI is InChI=1S/C18H19N3O/c1-11-6-7-20-10-16(11)14-5-3-4-13-8-18(9-15(13)14)12(2)22-17(19)21-18/h3-7,10,12H,8-9H2,1-2H3,(H2,19,21). The Bertz CT molecular complexity index is 784. The zero-order valence-electron chi connectivity index (χ0n) is 12.8. The summed E-state index contributed by atoms with van der Waals surface area (Å²) in [5, 5.41) is 0. The lowest BCUT2D eigenvalue weighted by molar-refractivity contribution is 0.157. The van der Waals surface area contributed by atoms with Crippen molar-refractivity contribution >= 4 is 6.02 Å². The summed E-state index contributed by atoms with van der Waals surface area (Å²) in [7, 11) is 0. The Kier molecular flexibility index (Phi) is 2.76. The number of aromatic nitrogens is 1. The number of aliphatic imine (C=N–C) groups is 1. The lowest BCUT2D eigenvalue weighted by Crippen LogP contribution is -2.36. The van der Waals surface area contributed by atoms with E-state index in [4.69, 9.17) is 10.5 Å². The van der Waals surface area contributed by atoms with Crippen molar-refractivity contribution in [1.29, 1.82) is 0 Å². The Balaban J connectivity index is 1.83. The average molecular weight is 293 g/mol. The zero-order valence-corrected chi connectivity index (χ0v) is 12.8. The Labute approximate surface area is 130 Å². The number of hydrogen-bond acceptors (Lipinski definition) is 4. The highest BCUT2D eigenvalue weighted by molar-refractivity contribution is 5.76. The fourth-order valence-electron chi connectivity index (χ4n) is 3.70. The van der Waals surface area contributed by atoms with Gasteiger partial charge in [0, 0.05) is 30.8 Å². The van der Waals surface area contributed by atoms with Crippen LogP contribution < -0.4 is 5.73 Å². The average Bonchev–Trinajstić information content (AvgIpc) is 2.99. The van der Waals surface area contributed by atoms with Gasteiger partial charge in [-0.05, 0) is 42.2 Å². The van der Waals surface area contributed by atoms with E-state index in [1.807, 2.05) is 12.4 Å². The smallest absolute Gasteiger partial charge is 0.282 e. The van der Waals surface area contributed by atoms with E-state index < -0.39 is 0 Å². The van der Waals surface area contributed by atoms with E-state index in [-0.39, 0.29) is 11.6 Å². The summed E-state index contributed by atoms with van der Waals surface area (Å²) in [6, 6.07) is 8.86. The van der Waals surface area contributed by atoms with Gasteiger partial charge in [0.25, 0.3) is 6.02 Å². The van der Waals surface area contributed by atoms with Crippen LogP contribution in [0.5, 0.6) is 0 Å². The molecule has 1 aromatic heterocycles. The Morgan fingerprint density at radius 3 is 2.82 bits per heavy atom. The molecule has 1 aliphatic carbocycles. The molecule has 4 rings (SSSR count). The van der Waals surface area contributed by atoms with Crippen LogP contribution in [0.1, 0.15) is 23.6 Å². The van der Waals surface area contributed by atoms with Crippen molar-refractivity contribution < 1.29 is 4.74 Å². The van der Waals surface area contributed by atoms with E-state index in [0.29, 0.717) is 6.02 Å². The first-order valence-corrected chi connectivity index (χ1v) is 7.63. The number of hydrogen-bond donors (Lipinski definition) is 1. The van der Waals surface area contributed by atoms with E-state index in [1.54, 1.807) is 0 Å². The van der Waals surface area contributed by atoms with Crippen LogP contribution in [0.2, 0.25) is 0 Å². The molecular formula is C18H19N3O. The van der Waals surface area contributed by atoms with Crippen LogP contribution in [0, 0.1) is 6.92 Å². The molecule has 2 heterocycles. The SMILES string of the molecule is Cc1ccncc1-c1cccc2c1CC1(C2)N=C(N)OC1C. The molecule has 2 N–H and O–H groups in total. The summed E-state index contributed by atoms with van der Waals surface area (Å²) >= 11 is 0. The van der Waals surface area contributed by atoms with Crippen molar-refractivity contribution in [3.63, 3.8) is 0 Å². The summed E-state index contributed by atoms with van der Waals surface area (Å²) in [5.41, 5.74) is 12.0. The van der Waals surface area contributed by atoms with Crippen molar-refractivity contribution in [2.24, 2.45) is 10.7 Å². The van der Waals surface area contributed by atoms with Gasteiger partial charge in [-0.15, -0.1) is 0 Å². The van der Waals surface area contributed by atoms with Crippen LogP contribution in [0.15, 0.2) is 41.7 Å². The molecule has 4 nitrogen and oxygen atoms in total. The lowest BCUT2D eigenvalue weighted by atomic mass is 9.90. The second-order valence-electron chi connectivity index (χ2n) is 6.30. The Hall–Kier alpha value is -2.36. The molecule has 1 aromatic carbocycles. The number of nitrogens with two attached hydrogens (primary N) is 1. The highest BCUT2D eigenvalue weighted by Crippen LogP contribution is 2.43. The van der Waals surface area contributed by atoms with Crippen molar-refractivity contribution in [3.8, 4) is 11.1 Å². The van der Waals surface area contributed by atoms with Crippen molar-refractivity contribution in [2.45, 2.75) is 38.3 Å².